The third kappa shape index (κ3) is 2.35. The topological polar surface area (TPSA) is 46.3 Å². The highest BCUT2D eigenvalue weighted by Gasteiger charge is 2.10. The number of carbonyl (C=O) groups excluding carboxylic acids is 1. The molecule has 2 rings (SSSR count). The van der Waals surface area contributed by atoms with Crippen molar-refractivity contribution >= 4 is 11.6 Å². The predicted molar refractivity (Wildman–Crippen MR) is 74.7 cm³/mol. The summed E-state index contributed by atoms with van der Waals surface area (Å²) in [4.78, 5) is 13.2. The number of hydrogen-bond acceptors (Lipinski definition) is 2. The molecule has 92 valence electrons. The van der Waals surface area contributed by atoms with E-state index >= 15 is 0 Å². The fourth-order valence-corrected chi connectivity index (χ4v) is 1.92. The van der Waals surface area contributed by atoms with Gasteiger partial charge in [0.25, 0.3) is 0 Å². The molecule has 0 unspecified atom stereocenters. The minimum absolute atomic E-state index is 0.405. The van der Waals surface area contributed by atoms with Gasteiger partial charge in [-0.1, -0.05) is 36.4 Å². The highest BCUT2D eigenvalue weighted by molar-refractivity contribution is 5.95. The SMILES string of the molecule is CN(C)c1cc(C(N)=O)ccc1-c1ccccc1. The fraction of sp³-hybridized carbons (Fsp3) is 0.133. The van der Waals surface area contributed by atoms with Crippen molar-refractivity contribution < 1.29 is 4.79 Å². The van der Waals surface area contributed by atoms with Gasteiger partial charge in [-0.2, -0.15) is 0 Å². The van der Waals surface area contributed by atoms with Crippen LogP contribution in [0.2, 0.25) is 0 Å². The van der Waals surface area contributed by atoms with Crippen LogP contribution in [0, 0.1) is 0 Å². The number of anilines is 1. The van der Waals surface area contributed by atoms with Gasteiger partial charge in [0.1, 0.15) is 0 Å². The first-order chi connectivity index (χ1) is 8.59. The number of amides is 1. The lowest BCUT2D eigenvalue weighted by molar-refractivity contribution is 0.100. The normalized spacial score (nSPS) is 10.1. The Labute approximate surface area is 107 Å². The Morgan fingerprint density at radius 2 is 1.72 bits per heavy atom. The van der Waals surface area contributed by atoms with Crippen LogP contribution in [0.5, 0.6) is 0 Å². The molecule has 0 bridgehead atoms. The quantitative estimate of drug-likeness (QED) is 0.896. The number of primary amides is 1. The maximum Gasteiger partial charge on any atom is 0.248 e. The van der Waals surface area contributed by atoms with Crippen molar-refractivity contribution in [1.29, 1.82) is 0 Å². The molecule has 0 radical (unpaired) electrons. The summed E-state index contributed by atoms with van der Waals surface area (Å²) in [5, 5.41) is 0. The van der Waals surface area contributed by atoms with E-state index in [1.807, 2.05) is 61.5 Å². The van der Waals surface area contributed by atoms with Gasteiger partial charge < -0.3 is 10.6 Å². The lowest BCUT2D eigenvalue weighted by Crippen LogP contribution is -2.14. The number of benzene rings is 2. The van der Waals surface area contributed by atoms with Gasteiger partial charge in [0, 0.05) is 30.9 Å². The van der Waals surface area contributed by atoms with Gasteiger partial charge >= 0.3 is 0 Å². The summed E-state index contributed by atoms with van der Waals surface area (Å²) in [6, 6.07) is 15.6. The average Bonchev–Trinajstić information content (AvgIpc) is 2.39. The summed E-state index contributed by atoms with van der Waals surface area (Å²) >= 11 is 0. The summed E-state index contributed by atoms with van der Waals surface area (Å²) in [6.45, 7) is 0. The number of nitrogens with two attached hydrogens (primary N) is 1. The molecule has 0 saturated heterocycles. The third-order valence-corrected chi connectivity index (χ3v) is 2.85. The molecule has 0 aromatic heterocycles. The monoisotopic (exact) mass is 240 g/mol. The zero-order chi connectivity index (χ0) is 13.1. The molecule has 0 aliphatic heterocycles. The van der Waals surface area contributed by atoms with Crippen LogP contribution in [0.1, 0.15) is 10.4 Å². The van der Waals surface area contributed by atoms with E-state index in [1.54, 1.807) is 6.07 Å². The predicted octanol–water partition coefficient (Wildman–Crippen LogP) is 2.52. The van der Waals surface area contributed by atoms with Crippen molar-refractivity contribution in [3.8, 4) is 11.1 Å². The fourth-order valence-electron chi connectivity index (χ4n) is 1.92. The second-order valence-electron chi connectivity index (χ2n) is 4.36. The maximum atomic E-state index is 11.2. The van der Waals surface area contributed by atoms with Crippen molar-refractivity contribution in [3.05, 3.63) is 54.1 Å². The largest absolute Gasteiger partial charge is 0.377 e. The molecule has 2 aromatic carbocycles. The lowest BCUT2D eigenvalue weighted by Gasteiger charge is -2.18. The van der Waals surface area contributed by atoms with E-state index in [9.17, 15) is 4.79 Å². The highest BCUT2D eigenvalue weighted by atomic mass is 16.1. The average molecular weight is 240 g/mol. The van der Waals surface area contributed by atoms with Gasteiger partial charge in [0.15, 0.2) is 0 Å². The molecule has 2 aromatic rings. The van der Waals surface area contributed by atoms with Crippen LogP contribution in [0.3, 0.4) is 0 Å². The van der Waals surface area contributed by atoms with Crippen molar-refractivity contribution in [2.45, 2.75) is 0 Å². The van der Waals surface area contributed by atoms with E-state index in [4.69, 9.17) is 5.73 Å². The molecule has 0 fully saturated rings. The van der Waals surface area contributed by atoms with Crippen LogP contribution >= 0.6 is 0 Å². The van der Waals surface area contributed by atoms with Crippen LogP contribution in [-0.4, -0.2) is 20.0 Å². The second-order valence-corrected chi connectivity index (χ2v) is 4.36. The number of rotatable bonds is 3. The third-order valence-electron chi connectivity index (χ3n) is 2.85. The Balaban J connectivity index is 2.58. The van der Waals surface area contributed by atoms with Crippen molar-refractivity contribution in [2.24, 2.45) is 5.73 Å². The van der Waals surface area contributed by atoms with Crippen LogP contribution < -0.4 is 10.6 Å². The molecule has 0 aliphatic rings. The van der Waals surface area contributed by atoms with Gasteiger partial charge in [-0.3, -0.25) is 4.79 Å². The van der Waals surface area contributed by atoms with Crippen molar-refractivity contribution in [1.82, 2.24) is 0 Å². The van der Waals surface area contributed by atoms with Gasteiger partial charge in [0.05, 0.1) is 0 Å². The Kier molecular flexibility index (Phi) is 3.33. The first kappa shape index (κ1) is 12.2. The van der Waals surface area contributed by atoms with Crippen LogP contribution in [-0.2, 0) is 0 Å². The summed E-state index contributed by atoms with van der Waals surface area (Å²) in [5.41, 5.74) is 9.04. The van der Waals surface area contributed by atoms with Gasteiger partial charge in [-0.05, 0) is 17.7 Å². The molecule has 3 heteroatoms. The smallest absolute Gasteiger partial charge is 0.248 e. The number of hydrogen-bond donors (Lipinski definition) is 1. The molecular weight excluding hydrogens is 224 g/mol. The van der Waals surface area contributed by atoms with Gasteiger partial charge in [-0.25, -0.2) is 0 Å². The Hall–Kier alpha value is -2.29. The Bertz CT molecular complexity index is 562. The van der Waals surface area contributed by atoms with Gasteiger partial charge in [0.2, 0.25) is 5.91 Å². The summed E-state index contributed by atoms with van der Waals surface area (Å²) < 4.78 is 0. The molecule has 18 heavy (non-hydrogen) atoms. The number of carbonyl (C=O) groups is 1. The minimum Gasteiger partial charge on any atom is -0.377 e. The van der Waals surface area contributed by atoms with Crippen LogP contribution in [0.15, 0.2) is 48.5 Å². The first-order valence-electron chi connectivity index (χ1n) is 5.76. The summed E-state index contributed by atoms with van der Waals surface area (Å²) in [6.07, 6.45) is 0. The molecule has 2 N–H and O–H groups in total. The zero-order valence-corrected chi connectivity index (χ0v) is 10.6. The van der Waals surface area contributed by atoms with Crippen molar-refractivity contribution in [3.63, 3.8) is 0 Å². The standard InChI is InChI=1S/C15H16N2O/c1-17(2)14-10-12(15(16)18)8-9-13(14)11-6-4-3-5-7-11/h3-10H,1-2H3,(H2,16,18). The minimum atomic E-state index is -0.405. The highest BCUT2D eigenvalue weighted by Crippen LogP contribution is 2.30. The lowest BCUT2D eigenvalue weighted by atomic mass is 10.0. The first-order valence-corrected chi connectivity index (χ1v) is 5.76. The van der Waals surface area contributed by atoms with E-state index < -0.39 is 5.91 Å². The van der Waals surface area contributed by atoms with Crippen LogP contribution in [0.4, 0.5) is 5.69 Å². The molecule has 0 spiro atoms. The van der Waals surface area contributed by atoms with E-state index in [2.05, 4.69) is 0 Å². The van der Waals surface area contributed by atoms with Crippen LogP contribution in [0.25, 0.3) is 11.1 Å². The molecule has 0 atom stereocenters. The molecule has 0 aliphatic carbocycles. The van der Waals surface area contributed by atoms with Crippen molar-refractivity contribution in [2.75, 3.05) is 19.0 Å². The van der Waals surface area contributed by atoms with E-state index in [0.717, 1.165) is 16.8 Å². The molecule has 3 nitrogen and oxygen atoms in total. The van der Waals surface area contributed by atoms with E-state index in [-0.39, 0.29) is 0 Å². The zero-order valence-electron chi connectivity index (χ0n) is 10.6. The molecule has 1 amide bonds. The second kappa shape index (κ2) is 4.92. The molecule has 0 saturated carbocycles. The van der Waals surface area contributed by atoms with Gasteiger partial charge in [-0.15, -0.1) is 0 Å². The maximum absolute atomic E-state index is 11.2. The summed E-state index contributed by atoms with van der Waals surface area (Å²) in [5.74, 6) is -0.405. The number of nitrogens with zero attached hydrogens (tertiary/aromatic N) is 1. The molecular formula is C15H16N2O. The van der Waals surface area contributed by atoms with E-state index in [1.165, 1.54) is 0 Å². The summed E-state index contributed by atoms with van der Waals surface area (Å²) in [7, 11) is 3.90. The Morgan fingerprint density at radius 1 is 1.06 bits per heavy atom. The molecule has 0 heterocycles. The Morgan fingerprint density at radius 3 is 2.28 bits per heavy atom. The van der Waals surface area contributed by atoms with E-state index in [0.29, 0.717) is 5.56 Å².